The highest BCUT2D eigenvalue weighted by Crippen LogP contribution is 2.32. The zero-order chi connectivity index (χ0) is 17.1. The van der Waals surface area contributed by atoms with Crippen molar-refractivity contribution in [3.8, 4) is 5.69 Å². The summed E-state index contributed by atoms with van der Waals surface area (Å²) in [6.07, 6.45) is 8.08. The number of nitrogens with zero attached hydrogens (tertiary/aromatic N) is 2. The number of benzene rings is 1. The fourth-order valence-corrected chi connectivity index (χ4v) is 3.64. The predicted molar refractivity (Wildman–Crippen MR) is 89.4 cm³/mol. The van der Waals surface area contributed by atoms with Gasteiger partial charge in [-0.3, -0.25) is 4.79 Å². The monoisotopic (exact) mass is 330 g/mol. The molecule has 2 aromatic rings. The van der Waals surface area contributed by atoms with Crippen molar-refractivity contribution in [3.63, 3.8) is 0 Å². The lowest BCUT2D eigenvalue weighted by molar-refractivity contribution is -0.146. The van der Waals surface area contributed by atoms with Crippen LogP contribution in [0.5, 0.6) is 0 Å². The van der Waals surface area contributed by atoms with Crippen molar-refractivity contribution in [2.75, 3.05) is 7.11 Å². The summed E-state index contributed by atoms with van der Waals surface area (Å²) in [6.45, 7) is 1.90. The molecule has 0 radical (unpaired) electrons. The van der Waals surface area contributed by atoms with Crippen molar-refractivity contribution < 1.29 is 13.9 Å². The Hall–Kier alpha value is -2.17. The number of carbonyl (C=O) groups excluding carboxylic acids is 1. The van der Waals surface area contributed by atoms with Crippen LogP contribution < -0.4 is 0 Å². The van der Waals surface area contributed by atoms with Crippen LogP contribution in [-0.2, 0) is 16.0 Å². The molecule has 0 spiro atoms. The zero-order valence-electron chi connectivity index (χ0n) is 14.2. The molecule has 1 aromatic heterocycles. The molecule has 0 N–H and O–H groups in total. The summed E-state index contributed by atoms with van der Waals surface area (Å²) in [5.41, 5.74) is 1.81. The fourth-order valence-electron chi connectivity index (χ4n) is 3.64. The lowest BCUT2D eigenvalue weighted by atomic mass is 9.79. The minimum atomic E-state index is -0.223. The Morgan fingerprint density at radius 3 is 2.67 bits per heavy atom. The maximum atomic E-state index is 14.0. The Morgan fingerprint density at radius 2 is 2.04 bits per heavy atom. The van der Waals surface area contributed by atoms with Gasteiger partial charge in [0.05, 0.1) is 13.0 Å². The number of halogens is 1. The Labute approximate surface area is 141 Å². The fraction of sp³-hybridized carbons (Fsp3) is 0.474. The van der Waals surface area contributed by atoms with E-state index in [-0.39, 0.29) is 17.7 Å². The molecule has 1 heterocycles. The van der Waals surface area contributed by atoms with E-state index in [1.165, 1.54) is 13.2 Å². The maximum Gasteiger partial charge on any atom is 0.308 e. The molecule has 1 aromatic carbocycles. The second-order valence-corrected chi connectivity index (χ2v) is 6.61. The van der Waals surface area contributed by atoms with E-state index in [0.717, 1.165) is 49.2 Å². The van der Waals surface area contributed by atoms with Gasteiger partial charge in [-0.2, -0.15) is 0 Å². The van der Waals surface area contributed by atoms with Gasteiger partial charge in [-0.15, -0.1) is 0 Å². The summed E-state index contributed by atoms with van der Waals surface area (Å²) in [5.74, 6) is 1.04. The van der Waals surface area contributed by atoms with Gasteiger partial charge in [-0.1, -0.05) is 0 Å². The molecular formula is C19H23FN2O2. The molecule has 0 atom stereocenters. The van der Waals surface area contributed by atoms with E-state index in [2.05, 4.69) is 4.98 Å². The van der Waals surface area contributed by atoms with Gasteiger partial charge in [0.15, 0.2) is 0 Å². The van der Waals surface area contributed by atoms with Gasteiger partial charge in [-0.05, 0) is 68.7 Å². The van der Waals surface area contributed by atoms with Crippen LogP contribution in [0.4, 0.5) is 4.39 Å². The minimum Gasteiger partial charge on any atom is -0.469 e. The van der Waals surface area contributed by atoms with Crippen LogP contribution in [0.2, 0.25) is 0 Å². The molecule has 0 unspecified atom stereocenters. The molecule has 24 heavy (non-hydrogen) atoms. The molecule has 1 saturated carbocycles. The number of ether oxygens (including phenoxy) is 1. The number of carbonyl (C=O) groups is 1. The van der Waals surface area contributed by atoms with Gasteiger partial charge in [0, 0.05) is 18.1 Å². The molecule has 0 aliphatic heterocycles. The number of hydrogen-bond acceptors (Lipinski definition) is 3. The third kappa shape index (κ3) is 3.66. The Bertz CT molecular complexity index is 718. The first-order valence-corrected chi connectivity index (χ1v) is 8.44. The molecule has 5 heteroatoms. The van der Waals surface area contributed by atoms with Crippen molar-refractivity contribution in [1.29, 1.82) is 0 Å². The normalized spacial score (nSPS) is 20.8. The molecule has 3 rings (SSSR count). The van der Waals surface area contributed by atoms with Gasteiger partial charge in [0.25, 0.3) is 0 Å². The Kier molecular flexibility index (Phi) is 4.97. The second kappa shape index (κ2) is 7.16. The third-order valence-corrected chi connectivity index (χ3v) is 4.95. The first-order valence-electron chi connectivity index (χ1n) is 8.44. The second-order valence-electron chi connectivity index (χ2n) is 6.61. The van der Waals surface area contributed by atoms with E-state index >= 15 is 0 Å². The van der Waals surface area contributed by atoms with Crippen molar-refractivity contribution >= 4 is 5.97 Å². The highest BCUT2D eigenvalue weighted by molar-refractivity contribution is 5.72. The Balaban J connectivity index is 1.69. The maximum absolute atomic E-state index is 14.0. The topological polar surface area (TPSA) is 44.1 Å². The summed E-state index contributed by atoms with van der Waals surface area (Å²) in [4.78, 5) is 15.8. The standard InChI is InChI=1S/C19H23FN2O2/c1-13-21-7-8-22(13)18-11-15(10-17(20)12-18)9-14-3-5-16(6-4-14)19(23)24-2/h7-8,10-12,14,16H,3-6,9H2,1-2H3/t14-,16-. The largest absolute Gasteiger partial charge is 0.469 e. The lowest BCUT2D eigenvalue weighted by Gasteiger charge is -2.27. The first kappa shape index (κ1) is 16.7. The van der Waals surface area contributed by atoms with Gasteiger partial charge in [-0.25, -0.2) is 9.37 Å². The third-order valence-electron chi connectivity index (χ3n) is 4.95. The van der Waals surface area contributed by atoms with Crippen LogP contribution in [0.3, 0.4) is 0 Å². The summed E-state index contributed by atoms with van der Waals surface area (Å²) >= 11 is 0. The molecule has 0 bridgehead atoms. The smallest absolute Gasteiger partial charge is 0.308 e. The predicted octanol–water partition coefficient (Wildman–Crippen LogP) is 3.84. The quantitative estimate of drug-likeness (QED) is 0.800. The molecular weight excluding hydrogens is 307 g/mol. The van der Waals surface area contributed by atoms with Crippen molar-refractivity contribution in [2.24, 2.45) is 11.8 Å². The lowest BCUT2D eigenvalue weighted by Crippen LogP contribution is -2.23. The van der Waals surface area contributed by atoms with E-state index in [9.17, 15) is 9.18 Å². The SMILES string of the molecule is COC(=O)[C@H]1CC[C@H](Cc2cc(F)cc(-n3ccnc3C)c2)CC1. The van der Waals surface area contributed by atoms with Crippen LogP contribution in [-0.4, -0.2) is 22.6 Å². The van der Waals surface area contributed by atoms with E-state index in [1.807, 2.05) is 23.8 Å². The van der Waals surface area contributed by atoms with Crippen LogP contribution in [0.1, 0.15) is 37.1 Å². The number of methoxy groups -OCH3 is 1. The molecule has 1 fully saturated rings. The van der Waals surface area contributed by atoms with E-state index in [1.54, 1.807) is 12.3 Å². The first-order chi connectivity index (χ1) is 11.6. The number of esters is 1. The van der Waals surface area contributed by atoms with Gasteiger partial charge in [0.1, 0.15) is 11.6 Å². The Morgan fingerprint density at radius 1 is 1.29 bits per heavy atom. The van der Waals surface area contributed by atoms with Crippen LogP contribution >= 0.6 is 0 Å². The van der Waals surface area contributed by atoms with Gasteiger partial charge in [0.2, 0.25) is 0 Å². The average Bonchev–Trinajstić information content (AvgIpc) is 3.00. The molecule has 4 nitrogen and oxygen atoms in total. The molecule has 128 valence electrons. The number of aromatic nitrogens is 2. The summed E-state index contributed by atoms with van der Waals surface area (Å²) in [6, 6.07) is 5.18. The highest BCUT2D eigenvalue weighted by atomic mass is 19.1. The van der Waals surface area contributed by atoms with Crippen molar-refractivity contribution in [1.82, 2.24) is 9.55 Å². The highest BCUT2D eigenvalue weighted by Gasteiger charge is 2.27. The number of imidazole rings is 1. The number of hydrogen-bond donors (Lipinski definition) is 0. The molecule has 1 aliphatic carbocycles. The van der Waals surface area contributed by atoms with Crippen LogP contribution in [0, 0.1) is 24.6 Å². The van der Waals surface area contributed by atoms with E-state index in [4.69, 9.17) is 4.74 Å². The number of rotatable bonds is 4. The van der Waals surface area contributed by atoms with Crippen LogP contribution in [0.15, 0.2) is 30.6 Å². The average molecular weight is 330 g/mol. The minimum absolute atomic E-state index is 0.0305. The van der Waals surface area contributed by atoms with Gasteiger partial charge >= 0.3 is 5.97 Å². The summed E-state index contributed by atoms with van der Waals surface area (Å²) in [7, 11) is 1.45. The molecule has 1 aliphatic rings. The molecule has 0 saturated heterocycles. The summed E-state index contributed by atoms with van der Waals surface area (Å²) in [5, 5.41) is 0. The van der Waals surface area contributed by atoms with Crippen LogP contribution in [0.25, 0.3) is 5.69 Å². The number of aryl methyl sites for hydroxylation is 1. The van der Waals surface area contributed by atoms with E-state index < -0.39 is 0 Å². The van der Waals surface area contributed by atoms with Crippen molar-refractivity contribution in [3.05, 3.63) is 47.8 Å². The summed E-state index contributed by atoms with van der Waals surface area (Å²) < 4.78 is 20.7. The van der Waals surface area contributed by atoms with Gasteiger partial charge < -0.3 is 9.30 Å². The van der Waals surface area contributed by atoms with Crippen molar-refractivity contribution in [2.45, 2.75) is 39.0 Å². The zero-order valence-corrected chi connectivity index (χ0v) is 14.2. The van der Waals surface area contributed by atoms with E-state index in [0.29, 0.717) is 5.92 Å². The molecule has 0 amide bonds.